The Labute approximate surface area is 119 Å². The summed E-state index contributed by atoms with van der Waals surface area (Å²) in [5, 5.41) is 0. The minimum atomic E-state index is 0.385. The van der Waals surface area contributed by atoms with Crippen LogP contribution in [-0.4, -0.2) is 28.8 Å². The highest BCUT2D eigenvalue weighted by Gasteiger charge is 2.36. The highest BCUT2D eigenvalue weighted by molar-refractivity contribution is 5.83. The van der Waals surface area contributed by atoms with Crippen LogP contribution in [0.5, 0.6) is 0 Å². The van der Waals surface area contributed by atoms with Crippen molar-refractivity contribution in [3.05, 3.63) is 30.1 Å². The Morgan fingerprint density at radius 3 is 2.80 bits per heavy atom. The molecule has 0 saturated carbocycles. The number of carbonyl (C=O) groups excluding carboxylic acids is 1. The number of carbonyl (C=O) groups is 1. The van der Waals surface area contributed by atoms with Gasteiger partial charge in [-0.05, 0) is 36.8 Å². The van der Waals surface area contributed by atoms with Crippen LogP contribution in [0.15, 0.2) is 24.4 Å². The number of aromatic nitrogens is 2. The van der Waals surface area contributed by atoms with E-state index in [0.717, 1.165) is 30.8 Å². The van der Waals surface area contributed by atoms with E-state index in [1.165, 1.54) is 19.3 Å². The molecule has 0 aliphatic carbocycles. The summed E-state index contributed by atoms with van der Waals surface area (Å²) in [5.41, 5.74) is 1.90. The van der Waals surface area contributed by atoms with E-state index in [-0.39, 0.29) is 0 Å². The van der Waals surface area contributed by atoms with Crippen molar-refractivity contribution in [1.29, 1.82) is 0 Å². The molecule has 0 atom stereocenters. The van der Waals surface area contributed by atoms with Crippen LogP contribution in [0.25, 0.3) is 5.65 Å². The average Bonchev–Trinajstić information content (AvgIpc) is 3.08. The monoisotopic (exact) mass is 271 g/mol. The van der Waals surface area contributed by atoms with Gasteiger partial charge in [0.25, 0.3) is 0 Å². The molecule has 2 aromatic heterocycles. The standard InChI is InChI=1S/C16H21N3O/c1-3-16(4-2)8-10-18(12-16)15-13(11-20)19-9-6-5-7-14(19)17-15/h5-7,9,11H,3-4,8,10,12H2,1-2H3. The Hall–Kier alpha value is -1.84. The van der Waals surface area contributed by atoms with Gasteiger partial charge in [-0.2, -0.15) is 0 Å². The van der Waals surface area contributed by atoms with Crippen LogP contribution in [0.2, 0.25) is 0 Å². The van der Waals surface area contributed by atoms with Crippen LogP contribution in [0.1, 0.15) is 43.6 Å². The van der Waals surface area contributed by atoms with Crippen molar-refractivity contribution in [3.8, 4) is 0 Å². The van der Waals surface area contributed by atoms with Gasteiger partial charge in [0.15, 0.2) is 12.1 Å². The third kappa shape index (κ3) is 1.90. The van der Waals surface area contributed by atoms with Crippen LogP contribution in [0, 0.1) is 5.41 Å². The lowest BCUT2D eigenvalue weighted by Crippen LogP contribution is -2.27. The number of pyridine rings is 1. The van der Waals surface area contributed by atoms with E-state index in [9.17, 15) is 4.79 Å². The van der Waals surface area contributed by atoms with Crippen molar-refractivity contribution in [3.63, 3.8) is 0 Å². The molecule has 0 radical (unpaired) electrons. The van der Waals surface area contributed by atoms with Gasteiger partial charge < -0.3 is 4.90 Å². The van der Waals surface area contributed by atoms with Gasteiger partial charge in [0, 0.05) is 19.3 Å². The number of fused-ring (bicyclic) bond motifs is 1. The third-order valence-corrected chi connectivity index (χ3v) is 4.90. The summed E-state index contributed by atoms with van der Waals surface area (Å²) >= 11 is 0. The molecule has 4 heteroatoms. The summed E-state index contributed by atoms with van der Waals surface area (Å²) in [4.78, 5) is 18.4. The molecule has 1 fully saturated rings. The molecule has 0 unspecified atom stereocenters. The molecule has 2 aromatic rings. The summed E-state index contributed by atoms with van der Waals surface area (Å²) in [6.45, 7) is 6.52. The van der Waals surface area contributed by atoms with Gasteiger partial charge in [-0.25, -0.2) is 4.98 Å². The van der Waals surface area contributed by atoms with Gasteiger partial charge in [-0.15, -0.1) is 0 Å². The maximum atomic E-state index is 11.5. The number of rotatable bonds is 4. The second kappa shape index (κ2) is 4.93. The minimum absolute atomic E-state index is 0.385. The summed E-state index contributed by atoms with van der Waals surface area (Å²) < 4.78 is 1.88. The van der Waals surface area contributed by atoms with E-state index in [0.29, 0.717) is 11.1 Å². The Morgan fingerprint density at radius 2 is 2.15 bits per heavy atom. The van der Waals surface area contributed by atoms with Crippen LogP contribution >= 0.6 is 0 Å². The van der Waals surface area contributed by atoms with Gasteiger partial charge >= 0.3 is 0 Å². The molecule has 1 aliphatic heterocycles. The van der Waals surface area contributed by atoms with E-state index in [4.69, 9.17) is 0 Å². The Balaban J connectivity index is 2.01. The molecule has 3 heterocycles. The topological polar surface area (TPSA) is 37.6 Å². The second-order valence-corrected chi connectivity index (χ2v) is 5.75. The van der Waals surface area contributed by atoms with Gasteiger partial charge in [0.1, 0.15) is 11.3 Å². The van der Waals surface area contributed by atoms with Crippen molar-refractivity contribution < 1.29 is 4.79 Å². The number of hydrogen-bond donors (Lipinski definition) is 0. The first-order chi connectivity index (χ1) is 9.73. The van der Waals surface area contributed by atoms with E-state index >= 15 is 0 Å². The zero-order chi connectivity index (χ0) is 14.2. The summed E-state index contributed by atoms with van der Waals surface area (Å²) in [5.74, 6) is 0.843. The molecule has 0 bridgehead atoms. The number of hydrogen-bond acceptors (Lipinski definition) is 3. The van der Waals surface area contributed by atoms with Gasteiger partial charge in [0.05, 0.1) is 0 Å². The quantitative estimate of drug-likeness (QED) is 0.802. The fourth-order valence-corrected chi connectivity index (χ4v) is 3.29. The molecular weight excluding hydrogens is 250 g/mol. The predicted octanol–water partition coefficient (Wildman–Crippen LogP) is 3.16. The third-order valence-electron chi connectivity index (χ3n) is 4.90. The zero-order valence-electron chi connectivity index (χ0n) is 12.2. The van der Waals surface area contributed by atoms with Crippen molar-refractivity contribution >= 4 is 17.8 Å². The van der Waals surface area contributed by atoms with Crippen LogP contribution < -0.4 is 4.90 Å². The first kappa shape index (κ1) is 13.2. The van der Waals surface area contributed by atoms with Crippen molar-refractivity contribution in [1.82, 2.24) is 9.38 Å². The molecule has 0 aromatic carbocycles. The molecule has 0 spiro atoms. The second-order valence-electron chi connectivity index (χ2n) is 5.75. The van der Waals surface area contributed by atoms with Gasteiger partial charge in [-0.1, -0.05) is 19.9 Å². The molecule has 0 N–H and O–H groups in total. The molecule has 1 saturated heterocycles. The number of imidazole rings is 1. The predicted molar refractivity (Wildman–Crippen MR) is 80.4 cm³/mol. The minimum Gasteiger partial charge on any atom is -0.354 e. The largest absolute Gasteiger partial charge is 0.354 e. The molecule has 0 amide bonds. The number of nitrogens with zero attached hydrogens (tertiary/aromatic N) is 3. The maximum Gasteiger partial charge on any atom is 0.170 e. The van der Waals surface area contributed by atoms with Crippen molar-refractivity contribution in [2.24, 2.45) is 5.41 Å². The lowest BCUT2D eigenvalue weighted by atomic mass is 9.82. The molecule has 106 valence electrons. The van der Waals surface area contributed by atoms with Crippen LogP contribution in [0.3, 0.4) is 0 Å². The Bertz CT molecular complexity index is 628. The van der Waals surface area contributed by atoms with Gasteiger partial charge in [-0.3, -0.25) is 9.20 Å². The highest BCUT2D eigenvalue weighted by Crippen LogP contribution is 2.39. The fourth-order valence-electron chi connectivity index (χ4n) is 3.29. The lowest BCUT2D eigenvalue weighted by molar-refractivity contribution is 0.111. The lowest BCUT2D eigenvalue weighted by Gasteiger charge is -2.26. The average molecular weight is 271 g/mol. The SMILES string of the molecule is CCC1(CC)CCN(c2nc3ccccn3c2C=O)C1. The van der Waals surface area contributed by atoms with Crippen molar-refractivity contribution in [2.45, 2.75) is 33.1 Å². The maximum absolute atomic E-state index is 11.5. The summed E-state index contributed by atoms with van der Waals surface area (Å²) in [6.07, 6.45) is 6.38. The normalized spacial score (nSPS) is 17.8. The Kier molecular flexibility index (Phi) is 3.24. The molecule has 4 nitrogen and oxygen atoms in total. The highest BCUT2D eigenvalue weighted by atomic mass is 16.1. The van der Waals surface area contributed by atoms with E-state index < -0.39 is 0 Å². The first-order valence-electron chi connectivity index (χ1n) is 7.40. The number of aldehydes is 1. The van der Waals surface area contributed by atoms with E-state index in [1.54, 1.807) is 0 Å². The smallest absolute Gasteiger partial charge is 0.170 e. The van der Waals surface area contributed by atoms with Crippen LogP contribution in [-0.2, 0) is 0 Å². The Morgan fingerprint density at radius 1 is 1.35 bits per heavy atom. The van der Waals surface area contributed by atoms with E-state index in [1.807, 2.05) is 28.8 Å². The first-order valence-corrected chi connectivity index (χ1v) is 7.40. The molecule has 3 rings (SSSR count). The molecular formula is C16H21N3O. The number of anilines is 1. The van der Waals surface area contributed by atoms with Gasteiger partial charge in [0.2, 0.25) is 0 Å². The molecule has 20 heavy (non-hydrogen) atoms. The zero-order valence-corrected chi connectivity index (χ0v) is 12.2. The molecule has 1 aliphatic rings. The van der Waals surface area contributed by atoms with Crippen molar-refractivity contribution in [2.75, 3.05) is 18.0 Å². The van der Waals surface area contributed by atoms with Crippen LogP contribution in [0.4, 0.5) is 5.82 Å². The summed E-state index contributed by atoms with van der Waals surface area (Å²) in [7, 11) is 0. The van der Waals surface area contributed by atoms with E-state index in [2.05, 4.69) is 23.7 Å². The fraction of sp³-hybridized carbons (Fsp3) is 0.500. The summed E-state index contributed by atoms with van der Waals surface area (Å²) in [6, 6.07) is 5.82.